The second kappa shape index (κ2) is 6.27. The quantitative estimate of drug-likeness (QED) is 0.778. The van der Waals surface area contributed by atoms with Crippen LogP contribution >= 0.6 is 0 Å². The smallest absolute Gasteiger partial charge is 0.243 e. The minimum absolute atomic E-state index is 0.0420. The molecule has 0 aromatic carbocycles. The molecule has 3 N–H and O–H groups in total. The summed E-state index contributed by atoms with van der Waals surface area (Å²) in [5.41, 5.74) is 5.32. The molecule has 1 saturated heterocycles. The molecule has 0 amide bonds. The lowest BCUT2D eigenvalue weighted by Crippen LogP contribution is -2.37. The minimum atomic E-state index is -3.54. The van der Waals surface area contributed by atoms with Crippen LogP contribution < -0.4 is 10.5 Å². The highest BCUT2D eigenvalue weighted by Crippen LogP contribution is 2.08. The number of sulfonamides is 1. The average molecular weight is 285 g/mol. The van der Waals surface area contributed by atoms with Crippen LogP contribution in [0.25, 0.3) is 0 Å². The summed E-state index contributed by atoms with van der Waals surface area (Å²) in [5.74, 6) is 0.0623. The summed E-state index contributed by atoms with van der Waals surface area (Å²) in [7, 11) is -3.54. The van der Waals surface area contributed by atoms with Crippen molar-refractivity contribution >= 4 is 16.0 Å². The number of hydrogen-bond acceptors (Lipinski definition) is 6. The second-order valence-corrected chi connectivity index (χ2v) is 6.34. The first kappa shape index (κ1) is 14.2. The van der Waals surface area contributed by atoms with Crippen LogP contribution in [0.5, 0.6) is 0 Å². The van der Waals surface area contributed by atoms with Gasteiger partial charge in [-0.1, -0.05) is 6.42 Å². The topological polar surface area (TPSA) is 101 Å². The standard InChI is InChI=1S/C11H19N5O2S/c12-11-13-8-10(9-14-11)19(17,18)15-4-7-16-5-2-1-3-6-16/h8-9,15H,1-7H2,(H2,12,13,14). The molecule has 1 fully saturated rings. The largest absolute Gasteiger partial charge is 0.368 e. The molecule has 1 aliphatic rings. The van der Waals surface area contributed by atoms with E-state index < -0.39 is 10.0 Å². The monoisotopic (exact) mass is 285 g/mol. The van der Waals surface area contributed by atoms with E-state index in [1.807, 2.05) is 0 Å². The first-order chi connectivity index (χ1) is 9.08. The van der Waals surface area contributed by atoms with Crippen LogP contribution in [0.1, 0.15) is 19.3 Å². The van der Waals surface area contributed by atoms with Crippen LogP contribution in [0.2, 0.25) is 0 Å². The molecule has 1 aliphatic heterocycles. The Kier molecular flexibility index (Phi) is 4.67. The van der Waals surface area contributed by atoms with Gasteiger partial charge in [-0.3, -0.25) is 0 Å². The molecule has 0 radical (unpaired) electrons. The molecule has 1 aromatic heterocycles. The number of nitrogens with two attached hydrogens (primary N) is 1. The molecule has 2 rings (SSSR count). The van der Waals surface area contributed by atoms with Gasteiger partial charge in [0.05, 0.1) is 12.4 Å². The predicted octanol–water partition coefficient (Wildman–Crippen LogP) is -0.177. The number of rotatable bonds is 5. The zero-order chi connectivity index (χ0) is 13.7. The fourth-order valence-electron chi connectivity index (χ4n) is 2.07. The van der Waals surface area contributed by atoms with Crippen molar-refractivity contribution in [2.75, 3.05) is 31.9 Å². The van der Waals surface area contributed by atoms with Gasteiger partial charge in [0.2, 0.25) is 16.0 Å². The van der Waals surface area contributed by atoms with Gasteiger partial charge in [0.1, 0.15) is 4.90 Å². The first-order valence-corrected chi connectivity index (χ1v) is 7.86. The van der Waals surface area contributed by atoms with Crippen molar-refractivity contribution in [2.45, 2.75) is 24.2 Å². The van der Waals surface area contributed by atoms with E-state index in [0.29, 0.717) is 6.54 Å². The van der Waals surface area contributed by atoms with Crippen LogP contribution in [0.4, 0.5) is 5.95 Å². The van der Waals surface area contributed by atoms with Crippen molar-refractivity contribution in [2.24, 2.45) is 0 Å². The van der Waals surface area contributed by atoms with E-state index in [0.717, 1.165) is 19.6 Å². The molecule has 0 bridgehead atoms. The average Bonchev–Trinajstić information content (AvgIpc) is 2.40. The molecule has 106 valence electrons. The minimum Gasteiger partial charge on any atom is -0.368 e. The summed E-state index contributed by atoms with van der Waals surface area (Å²) in [4.78, 5) is 9.67. The fourth-order valence-corrected chi connectivity index (χ4v) is 2.98. The van der Waals surface area contributed by atoms with Crippen molar-refractivity contribution in [3.05, 3.63) is 12.4 Å². The summed E-state index contributed by atoms with van der Waals surface area (Å²) in [6.07, 6.45) is 6.08. The highest BCUT2D eigenvalue weighted by molar-refractivity contribution is 7.89. The number of hydrogen-bond donors (Lipinski definition) is 2. The molecule has 1 aromatic rings. The molecule has 7 nitrogen and oxygen atoms in total. The van der Waals surface area contributed by atoms with Crippen molar-refractivity contribution in [1.29, 1.82) is 0 Å². The lowest BCUT2D eigenvalue weighted by Gasteiger charge is -2.26. The van der Waals surface area contributed by atoms with E-state index in [9.17, 15) is 8.42 Å². The van der Waals surface area contributed by atoms with E-state index >= 15 is 0 Å². The first-order valence-electron chi connectivity index (χ1n) is 6.37. The Hall–Kier alpha value is -1.25. The molecule has 2 heterocycles. The van der Waals surface area contributed by atoms with Crippen LogP contribution in [-0.2, 0) is 10.0 Å². The van der Waals surface area contributed by atoms with Crippen molar-refractivity contribution < 1.29 is 8.42 Å². The van der Waals surface area contributed by atoms with E-state index in [2.05, 4.69) is 19.6 Å². The van der Waals surface area contributed by atoms with Gasteiger partial charge >= 0.3 is 0 Å². The van der Waals surface area contributed by atoms with Gasteiger partial charge in [0.15, 0.2) is 0 Å². The van der Waals surface area contributed by atoms with Crippen LogP contribution in [0.15, 0.2) is 17.3 Å². The number of likely N-dealkylation sites (tertiary alicyclic amines) is 1. The lowest BCUT2D eigenvalue weighted by atomic mass is 10.1. The predicted molar refractivity (Wildman–Crippen MR) is 71.9 cm³/mol. The van der Waals surface area contributed by atoms with E-state index in [1.54, 1.807) is 0 Å². The molecule has 19 heavy (non-hydrogen) atoms. The van der Waals surface area contributed by atoms with Crippen LogP contribution in [-0.4, -0.2) is 49.5 Å². The maximum absolute atomic E-state index is 11.9. The Bertz CT molecular complexity index is 496. The van der Waals surface area contributed by atoms with E-state index in [4.69, 9.17) is 5.73 Å². The molecule has 0 aliphatic carbocycles. The highest BCUT2D eigenvalue weighted by Gasteiger charge is 2.16. The van der Waals surface area contributed by atoms with Gasteiger partial charge in [0, 0.05) is 13.1 Å². The molecule has 0 spiro atoms. The summed E-state index contributed by atoms with van der Waals surface area (Å²) >= 11 is 0. The summed E-state index contributed by atoms with van der Waals surface area (Å²) in [6.45, 7) is 3.22. The summed E-state index contributed by atoms with van der Waals surface area (Å²) in [5, 5.41) is 0. The molecule has 0 unspecified atom stereocenters. The van der Waals surface area contributed by atoms with Crippen molar-refractivity contribution in [3.63, 3.8) is 0 Å². The molecule has 8 heteroatoms. The molecular weight excluding hydrogens is 266 g/mol. The zero-order valence-electron chi connectivity index (χ0n) is 10.7. The summed E-state index contributed by atoms with van der Waals surface area (Å²) in [6, 6.07) is 0. The van der Waals surface area contributed by atoms with Gasteiger partial charge in [-0.05, 0) is 25.9 Å². The number of anilines is 1. The highest BCUT2D eigenvalue weighted by atomic mass is 32.2. The molecule has 0 atom stereocenters. The van der Waals surface area contributed by atoms with Gasteiger partial charge in [-0.25, -0.2) is 23.1 Å². The van der Waals surface area contributed by atoms with E-state index in [-0.39, 0.29) is 10.8 Å². The Balaban J connectivity index is 1.85. The van der Waals surface area contributed by atoms with Gasteiger partial charge in [-0.2, -0.15) is 0 Å². The Labute approximate surface area is 113 Å². The number of nitrogen functional groups attached to an aromatic ring is 1. The van der Waals surface area contributed by atoms with E-state index in [1.165, 1.54) is 31.7 Å². The number of nitrogens with one attached hydrogen (secondary N) is 1. The Morgan fingerprint density at radius 1 is 1.21 bits per heavy atom. The molecule has 0 saturated carbocycles. The fraction of sp³-hybridized carbons (Fsp3) is 0.636. The maximum atomic E-state index is 11.9. The van der Waals surface area contributed by atoms with Gasteiger partial charge in [0.25, 0.3) is 0 Å². The summed E-state index contributed by atoms with van der Waals surface area (Å²) < 4.78 is 26.4. The second-order valence-electron chi connectivity index (χ2n) is 4.58. The van der Waals surface area contributed by atoms with Crippen molar-refractivity contribution in [1.82, 2.24) is 19.6 Å². The number of piperidine rings is 1. The molecular formula is C11H19N5O2S. The normalized spacial score (nSPS) is 17.5. The zero-order valence-corrected chi connectivity index (χ0v) is 11.6. The SMILES string of the molecule is Nc1ncc(S(=O)(=O)NCCN2CCCCC2)cn1. The number of nitrogens with zero attached hydrogens (tertiary/aromatic N) is 3. The van der Waals surface area contributed by atoms with Crippen LogP contribution in [0, 0.1) is 0 Å². The van der Waals surface area contributed by atoms with Gasteiger partial charge < -0.3 is 10.6 Å². The maximum Gasteiger partial charge on any atom is 0.243 e. The Morgan fingerprint density at radius 2 is 1.84 bits per heavy atom. The van der Waals surface area contributed by atoms with Crippen molar-refractivity contribution in [3.8, 4) is 0 Å². The van der Waals surface area contributed by atoms with Gasteiger partial charge in [-0.15, -0.1) is 0 Å². The third-order valence-corrected chi connectivity index (χ3v) is 4.54. The Morgan fingerprint density at radius 3 is 2.47 bits per heavy atom. The third kappa shape index (κ3) is 4.12. The van der Waals surface area contributed by atoms with Crippen LogP contribution in [0.3, 0.4) is 0 Å². The lowest BCUT2D eigenvalue weighted by molar-refractivity contribution is 0.233. The third-order valence-electron chi connectivity index (χ3n) is 3.13. The number of aromatic nitrogens is 2.